The molecule has 8 heteroatoms. The summed E-state index contributed by atoms with van der Waals surface area (Å²) in [6.07, 6.45) is -1.61. The zero-order valence-corrected chi connectivity index (χ0v) is 15.1. The Morgan fingerprint density at radius 1 is 1.13 bits per heavy atom. The maximum atomic E-state index is 11.8. The molecule has 2 N–H and O–H groups in total. The molecule has 0 saturated carbocycles. The summed E-state index contributed by atoms with van der Waals surface area (Å²) in [7, 11) is 0. The first kappa shape index (κ1) is 21.6. The quantitative estimate of drug-likeness (QED) is 0.461. The summed E-state index contributed by atoms with van der Waals surface area (Å²) in [5.74, 6) is -0.633. The van der Waals surface area contributed by atoms with E-state index in [2.05, 4.69) is 5.32 Å². The second-order valence-electron chi connectivity index (χ2n) is 5.80. The lowest BCUT2D eigenvalue weighted by Gasteiger charge is -2.22. The minimum Gasteiger partial charge on any atom is -0.480 e. The number of alkyl carbamates (subject to hydrolysis) is 1. The molecule has 134 valence electrons. The van der Waals surface area contributed by atoms with Crippen LogP contribution in [0.3, 0.4) is 0 Å². The van der Waals surface area contributed by atoms with E-state index in [4.69, 9.17) is 14.6 Å². The van der Waals surface area contributed by atoms with Crippen LogP contribution >= 0.6 is 11.8 Å². The first-order valence-electron chi connectivity index (χ1n) is 7.65. The van der Waals surface area contributed by atoms with Crippen molar-refractivity contribution in [3.8, 4) is 0 Å². The van der Waals surface area contributed by atoms with E-state index >= 15 is 0 Å². The number of ether oxygens (including phenoxy) is 2. The Kier molecular flexibility index (Phi) is 10.5. The van der Waals surface area contributed by atoms with Crippen molar-refractivity contribution in [2.45, 2.75) is 52.6 Å². The van der Waals surface area contributed by atoms with Crippen LogP contribution in [0.25, 0.3) is 0 Å². The lowest BCUT2D eigenvalue weighted by Crippen LogP contribution is -2.39. The van der Waals surface area contributed by atoms with Crippen LogP contribution in [0.15, 0.2) is 0 Å². The fourth-order valence-corrected chi connectivity index (χ4v) is 2.32. The Balaban J connectivity index is 4.42. The molecule has 0 heterocycles. The maximum Gasteiger partial charge on any atom is 0.410 e. The van der Waals surface area contributed by atoms with Gasteiger partial charge < -0.3 is 19.9 Å². The number of amides is 1. The number of hydrogen-bond acceptors (Lipinski definition) is 6. The number of carboxylic acids is 1. The molecule has 2 atom stereocenters. The van der Waals surface area contributed by atoms with Crippen LogP contribution in [0.4, 0.5) is 4.79 Å². The van der Waals surface area contributed by atoms with E-state index in [1.165, 1.54) is 11.8 Å². The van der Waals surface area contributed by atoms with E-state index in [1.54, 1.807) is 20.8 Å². The van der Waals surface area contributed by atoms with E-state index in [0.717, 1.165) is 0 Å². The molecule has 23 heavy (non-hydrogen) atoms. The molecule has 0 aromatic heterocycles. The number of thioether (sulfide) groups is 1. The second kappa shape index (κ2) is 11.2. The van der Waals surface area contributed by atoms with Gasteiger partial charge in [-0.05, 0) is 11.7 Å². The van der Waals surface area contributed by atoms with Gasteiger partial charge in [0.25, 0.3) is 6.29 Å². The van der Waals surface area contributed by atoms with Gasteiger partial charge >= 0.3 is 18.0 Å². The third-order valence-electron chi connectivity index (χ3n) is 2.64. The van der Waals surface area contributed by atoms with Crippen molar-refractivity contribution >= 4 is 29.8 Å². The molecule has 0 aliphatic rings. The molecule has 1 amide bonds. The molecule has 0 fully saturated rings. The smallest absolute Gasteiger partial charge is 0.410 e. The van der Waals surface area contributed by atoms with Crippen molar-refractivity contribution in [1.82, 2.24) is 5.32 Å². The van der Waals surface area contributed by atoms with Gasteiger partial charge in [-0.15, -0.1) is 11.8 Å². The van der Waals surface area contributed by atoms with Gasteiger partial charge in [-0.2, -0.15) is 0 Å². The van der Waals surface area contributed by atoms with Crippen LogP contribution < -0.4 is 5.32 Å². The molecule has 0 radical (unpaired) electrons. The summed E-state index contributed by atoms with van der Waals surface area (Å²) < 4.78 is 10.1. The molecular weight excluding hydrogens is 322 g/mol. The van der Waals surface area contributed by atoms with Gasteiger partial charge in [0.1, 0.15) is 5.25 Å². The molecule has 0 bridgehead atoms. The number of carboxylic acid groups (broad SMARTS) is 1. The summed E-state index contributed by atoms with van der Waals surface area (Å²) in [6.45, 7) is 9.06. The minimum absolute atomic E-state index is 0.0574. The fraction of sp³-hybridized carbons (Fsp3) is 0.800. The Labute approximate surface area is 141 Å². The lowest BCUT2D eigenvalue weighted by atomic mass is 10.2. The third-order valence-corrected chi connectivity index (χ3v) is 4.27. The number of aliphatic carboxylic acids is 1. The lowest BCUT2D eigenvalue weighted by molar-refractivity contribution is -0.174. The normalized spacial score (nSPS) is 13.5. The number of nitrogens with one attached hydrogen (secondary N) is 1. The van der Waals surface area contributed by atoms with Gasteiger partial charge in [0, 0.05) is 18.9 Å². The van der Waals surface area contributed by atoms with Crippen LogP contribution in [-0.2, 0) is 19.1 Å². The van der Waals surface area contributed by atoms with E-state index < -0.39 is 29.6 Å². The average molecular weight is 349 g/mol. The largest absolute Gasteiger partial charge is 0.480 e. The summed E-state index contributed by atoms with van der Waals surface area (Å²) in [5, 5.41) is 10.8. The number of rotatable bonds is 10. The Hall–Kier alpha value is -1.44. The van der Waals surface area contributed by atoms with Crippen molar-refractivity contribution in [2.24, 2.45) is 11.8 Å². The third kappa shape index (κ3) is 10.0. The first-order chi connectivity index (χ1) is 10.7. The van der Waals surface area contributed by atoms with Crippen molar-refractivity contribution < 1.29 is 29.0 Å². The molecule has 7 nitrogen and oxygen atoms in total. The van der Waals surface area contributed by atoms with Gasteiger partial charge in [-0.25, -0.2) is 4.79 Å². The molecule has 0 spiro atoms. The zero-order chi connectivity index (χ0) is 18.0. The summed E-state index contributed by atoms with van der Waals surface area (Å²) in [4.78, 5) is 34.2. The van der Waals surface area contributed by atoms with Gasteiger partial charge in [-0.1, -0.05) is 34.6 Å². The Morgan fingerprint density at radius 2 is 1.74 bits per heavy atom. The SMILES string of the molecule is CCC(=O)O[C@@H](OC(=O)NC[C@H](SCC(C)C)C(=O)O)C(C)C. The standard InChI is InChI=1S/C15H27NO6S/c1-6-12(17)21-14(10(4)5)22-15(20)16-7-11(13(18)19)23-8-9(2)3/h9-11,14H,6-8H2,1-5H3,(H,16,20)(H,18,19)/t11-,14-/m0/s1. The molecule has 0 aromatic carbocycles. The molecule has 0 aliphatic heterocycles. The first-order valence-corrected chi connectivity index (χ1v) is 8.70. The highest BCUT2D eigenvalue weighted by Gasteiger charge is 2.24. The van der Waals surface area contributed by atoms with Crippen molar-refractivity contribution in [3.63, 3.8) is 0 Å². The van der Waals surface area contributed by atoms with Crippen LogP contribution in [0.1, 0.15) is 41.0 Å². The van der Waals surface area contributed by atoms with E-state index in [-0.39, 0.29) is 18.9 Å². The number of esters is 1. The van der Waals surface area contributed by atoms with E-state index in [1.807, 2.05) is 13.8 Å². The summed E-state index contributed by atoms with van der Waals surface area (Å²) >= 11 is 1.26. The number of carbonyl (C=O) groups excluding carboxylic acids is 2. The van der Waals surface area contributed by atoms with Gasteiger partial charge in [0.15, 0.2) is 0 Å². The molecule has 0 unspecified atom stereocenters. The second-order valence-corrected chi connectivity index (χ2v) is 7.03. The zero-order valence-electron chi connectivity index (χ0n) is 14.3. The van der Waals surface area contributed by atoms with Gasteiger partial charge in [-0.3, -0.25) is 9.59 Å². The predicted octanol–water partition coefficient (Wildman–Crippen LogP) is 2.49. The van der Waals surface area contributed by atoms with Gasteiger partial charge in [0.2, 0.25) is 0 Å². The summed E-state index contributed by atoms with van der Waals surface area (Å²) in [5.41, 5.74) is 0. The fourth-order valence-electron chi connectivity index (χ4n) is 1.36. The maximum absolute atomic E-state index is 11.8. The van der Waals surface area contributed by atoms with Crippen LogP contribution in [-0.4, -0.2) is 47.0 Å². The van der Waals surface area contributed by atoms with Gasteiger partial charge in [0.05, 0.1) is 0 Å². The van der Waals surface area contributed by atoms with E-state index in [9.17, 15) is 14.4 Å². The molecule has 0 aromatic rings. The highest BCUT2D eigenvalue weighted by Crippen LogP contribution is 2.15. The molecular formula is C15H27NO6S. The van der Waals surface area contributed by atoms with E-state index in [0.29, 0.717) is 11.7 Å². The van der Waals surface area contributed by atoms with Crippen molar-refractivity contribution in [2.75, 3.05) is 12.3 Å². The topological polar surface area (TPSA) is 102 Å². The molecule has 0 rings (SSSR count). The predicted molar refractivity (Wildman–Crippen MR) is 88.2 cm³/mol. The summed E-state index contributed by atoms with van der Waals surface area (Å²) in [6, 6.07) is 0. The average Bonchev–Trinajstić information content (AvgIpc) is 2.45. The highest BCUT2D eigenvalue weighted by molar-refractivity contribution is 8.00. The van der Waals surface area contributed by atoms with Crippen LogP contribution in [0, 0.1) is 11.8 Å². The highest BCUT2D eigenvalue weighted by atomic mass is 32.2. The number of carbonyl (C=O) groups is 3. The monoisotopic (exact) mass is 349 g/mol. The minimum atomic E-state index is -0.992. The van der Waals surface area contributed by atoms with Crippen molar-refractivity contribution in [1.29, 1.82) is 0 Å². The Morgan fingerprint density at radius 3 is 2.17 bits per heavy atom. The van der Waals surface area contributed by atoms with Crippen molar-refractivity contribution in [3.05, 3.63) is 0 Å². The molecule has 0 aliphatic carbocycles. The number of hydrogen-bond donors (Lipinski definition) is 2. The molecule has 0 saturated heterocycles. The van der Waals surface area contributed by atoms with Crippen LogP contribution in [0.2, 0.25) is 0 Å². The Bertz CT molecular complexity index is 399. The van der Waals surface area contributed by atoms with Crippen LogP contribution in [0.5, 0.6) is 0 Å².